The van der Waals surface area contributed by atoms with Crippen LogP contribution in [0.4, 0.5) is 10.5 Å². The van der Waals surface area contributed by atoms with Crippen LogP contribution >= 0.6 is 0 Å². The van der Waals surface area contributed by atoms with Crippen molar-refractivity contribution in [1.82, 2.24) is 9.80 Å². The van der Waals surface area contributed by atoms with E-state index < -0.39 is 11.8 Å². The SMILES string of the molecule is CCN1CCN(C(=O)N2c3c(C)ccc(C)c3[C@@H](C)CC23CCCCC3)C(=O)C1=O. The summed E-state index contributed by atoms with van der Waals surface area (Å²) in [7, 11) is 0. The van der Waals surface area contributed by atoms with Crippen molar-refractivity contribution in [1.29, 1.82) is 0 Å². The molecule has 2 aliphatic heterocycles. The molecule has 1 spiro atoms. The van der Waals surface area contributed by atoms with Gasteiger partial charge in [0, 0.05) is 19.6 Å². The van der Waals surface area contributed by atoms with Crippen molar-refractivity contribution >= 4 is 23.5 Å². The molecule has 2 heterocycles. The Kier molecular flexibility index (Phi) is 5.37. The van der Waals surface area contributed by atoms with Gasteiger partial charge in [-0.05, 0) is 62.6 Å². The number of aryl methyl sites for hydroxylation is 2. The normalized spacial score (nSPS) is 23.7. The molecule has 1 saturated heterocycles. The molecule has 4 amide bonds. The third kappa shape index (κ3) is 3.12. The zero-order valence-corrected chi connectivity index (χ0v) is 18.7. The molecular formula is C24H33N3O3. The van der Waals surface area contributed by atoms with E-state index in [1.165, 1.54) is 27.3 Å². The number of anilines is 1. The topological polar surface area (TPSA) is 60.9 Å². The van der Waals surface area contributed by atoms with Crippen molar-refractivity contribution in [3.8, 4) is 0 Å². The van der Waals surface area contributed by atoms with Crippen molar-refractivity contribution in [2.45, 2.75) is 77.7 Å². The number of likely N-dealkylation sites (N-methyl/N-ethyl adjacent to an activating group) is 1. The molecule has 1 atom stereocenters. The average molecular weight is 412 g/mol. The van der Waals surface area contributed by atoms with Crippen molar-refractivity contribution in [2.24, 2.45) is 0 Å². The van der Waals surface area contributed by atoms with Crippen LogP contribution in [0.1, 0.15) is 75.0 Å². The molecule has 0 radical (unpaired) electrons. The summed E-state index contributed by atoms with van der Waals surface area (Å²) in [6.45, 7) is 9.43. The fraction of sp³-hybridized carbons (Fsp3) is 0.625. The van der Waals surface area contributed by atoms with E-state index in [2.05, 4.69) is 32.9 Å². The fourth-order valence-electron chi connectivity index (χ4n) is 5.95. The Balaban J connectivity index is 1.82. The van der Waals surface area contributed by atoms with Crippen LogP contribution in [-0.2, 0) is 9.59 Å². The number of rotatable bonds is 1. The van der Waals surface area contributed by atoms with Crippen LogP contribution in [0.2, 0.25) is 0 Å². The maximum atomic E-state index is 14.0. The van der Waals surface area contributed by atoms with E-state index in [4.69, 9.17) is 0 Å². The van der Waals surface area contributed by atoms with Crippen LogP contribution in [0.5, 0.6) is 0 Å². The first kappa shape index (κ1) is 20.9. The van der Waals surface area contributed by atoms with Crippen molar-refractivity contribution < 1.29 is 14.4 Å². The molecule has 2 fully saturated rings. The zero-order valence-electron chi connectivity index (χ0n) is 18.7. The van der Waals surface area contributed by atoms with Gasteiger partial charge < -0.3 is 4.90 Å². The molecule has 0 aromatic heterocycles. The van der Waals surface area contributed by atoms with E-state index in [0.717, 1.165) is 43.4 Å². The summed E-state index contributed by atoms with van der Waals surface area (Å²) < 4.78 is 0. The lowest BCUT2D eigenvalue weighted by atomic mass is 9.69. The summed E-state index contributed by atoms with van der Waals surface area (Å²) in [5.41, 5.74) is 4.16. The number of benzene rings is 1. The van der Waals surface area contributed by atoms with Gasteiger partial charge in [0.15, 0.2) is 0 Å². The molecule has 3 aliphatic rings. The van der Waals surface area contributed by atoms with Gasteiger partial charge in [-0.3, -0.25) is 19.4 Å². The molecule has 0 unspecified atom stereocenters. The number of urea groups is 1. The summed E-state index contributed by atoms with van der Waals surface area (Å²) in [6.07, 6.45) is 6.18. The van der Waals surface area contributed by atoms with Crippen molar-refractivity contribution in [2.75, 3.05) is 24.5 Å². The molecule has 4 rings (SSSR count). The maximum absolute atomic E-state index is 14.0. The summed E-state index contributed by atoms with van der Waals surface area (Å²) in [4.78, 5) is 44.0. The van der Waals surface area contributed by atoms with E-state index in [9.17, 15) is 14.4 Å². The van der Waals surface area contributed by atoms with Gasteiger partial charge in [0.2, 0.25) is 0 Å². The minimum Gasteiger partial charge on any atom is -0.333 e. The van der Waals surface area contributed by atoms with E-state index >= 15 is 0 Å². The zero-order chi connectivity index (χ0) is 21.6. The lowest BCUT2D eigenvalue weighted by Crippen LogP contribution is -2.64. The lowest BCUT2D eigenvalue weighted by molar-refractivity contribution is -0.153. The molecule has 1 aromatic rings. The summed E-state index contributed by atoms with van der Waals surface area (Å²) >= 11 is 0. The van der Waals surface area contributed by atoms with Gasteiger partial charge in [-0.2, -0.15) is 0 Å². The predicted molar refractivity (Wildman–Crippen MR) is 117 cm³/mol. The number of fused-ring (bicyclic) bond motifs is 1. The highest BCUT2D eigenvalue weighted by Crippen LogP contribution is 2.52. The smallest absolute Gasteiger partial charge is 0.332 e. The molecule has 1 aliphatic carbocycles. The Hall–Kier alpha value is -2.37. The predicted octanol–water partition coefficient (Wildman–Crippen LogP) is 4.13. The van der Waals surface area contributed by atoms with E-state index in [0.29, 0.717) is 19.0 Å². The first-order valence-electron chi connectivity index (χ1n) is 11.4. The second-order valence-electron chi connectivity index (χ2n) is 9.31. The highest BCUT2D eigenvalue weighted by molar-refractivity contribution is 6.38. The molecule has 6 nitrogen and oxygen atoms in total. The monoisotopic (exact) mass is 411 g/mol. The molecule has 1 aromatic carbocycles. The van der Waals surface area contributed by atoms with Crippen LogP contribution in [0.25, 0.3) is 0 Å². The lowest BCUT2D eigenvalue weighted by Gasteiger charge is -2.53. The molecule has 0 N–H and O–H groups in total. The van der Waals surface area contributed by atoms with Gasteiger partial charge in [-0.25, -0.2) is 4.79 Å². The van der Waals surface area contributed by atoms with Gasteiger partial charge in [0.1, 0.15) is 0 Å². The third-order valence-corrected chi connectivity index (χ3v) is 7.41. The second kappa shape index (κ2) is 7.71. The number of carbonyl (C=O) groups is 3. The molecule has 30 heavy (non-hydrogen) atoms. The molecular weight excluding hydrogens is 378 g/mol. The number of amides is 4. The van der Waals surface area contributed by atoms with Crippen LogP contribution in [-0.4, -0.2) is 52.8 Å². The molecule has 6 heteroatoms. The number of piperazine rings is 1. The number of hydrogen-bond donors (Lipinski definition) is 0. The number of carbonyl (C=O) groups excluding carboxylic acids is 3. The van der Waals surface area contributed by atoms with Gasteiger partial charge in [-0.15, -0.1) is 0 Å². The first-order chi connectivity index (χ1) is 14.3. The first-order valence-corrected chi connectivity index (χ1v) is 11.4. The van der Waals surface area contributed by atoms with Gasteiger partial charge in [0.05, 0.1) is 11.2 Å². The Labute approximate surface area is 179 Å². The van der Waals surface area contributed by atoms with Gasteiger partial charge in [0.25, 0.3) is 0 Å². The number of imide groups is 1. The minimum atomic E-state index is -0.690. The number of nitrogens with zero attached hydrogens (tertiary/aromatic N) is 3. The summed E-state index contributed by atoms with van der Waals surface area (Å²) in [5.74, 6) is -0.901. The van der Waals surface area contributed by atoms with Crippen LogP contribution < -0.4 is 4.90 Å². The van der Waals surface area contributed by atoms with Crippen LogP contribution in [0.15, 0.2) is 12.1 Å². The second-order valence-corrected chi connectivity index (χ2v) is 9.31. The van der Waals surface area contributed by atoms with Gasteiger partial charge >= 0.3 is 17.8 Å². The Morgan fingerprint density at radius 1 is 1.03 bits per heavy atom. The van der Waals surface area contributed by atoms with E-state index in [1.807, 2.05) is 11.8 Å². The summed E-state index contributed by atoms with van der Waals surface area (Å²) in [6, 6.07) is 3.89. The Bertz CT molecular complexity index is 888. The van der Waals surface area contributed by atoms with Crippen molar-refractivity contribution in [3.05, 3.63) is 28.8 Å². The average Bonchev–Trinajstić information content (AvgIpc) is 2.72. The molecule has 0 bridgehead atoms. The van der Waals surface area contributed by atoms with E-state index in [-0.39, 0.29) is 18.1 Å². The Morgan fingerprint density at radius 2 is 1.70 bits per heavy atom. The minimum absolute atomic E-state index is 0.263. The molecule has 1 saturated carbocycles. The molecule has 162 valence electrons. The van der Waals surface area contributed by atoms with Gasteiger partial charge in [-0.1, -0.05) is 38.3 Å². The number of hydrogen-bond acceptors (Lipinski definition) is 3. The highest BCUT2D eigenvalue weighted by atomic mass is 16.2. The van der Waals surface area contributed by atoms with Crippen LogP contribution in [0, 0.1) is 13.8 Å². The largest absolute Gasteiger partial charge is 0.333 e. The highest BCUT2D eigenvalue weighted by Gasteiger charge is 2.50. The standard InChI is InChI=1S/C24H33N3O3/c1-5-25-13-14-26(22(29)21(25)28)23(30)27-20-17(3)10-9-16(2)19(20)18(4)15-24(27)11-7-6-8-12-24/h9-10,18H,5-8,11-15H2,1-4H3/t18-/m0/s1. The fourth-order valence-corrected chi connectivity index (χ4v) is 5.95. The maximum Gasteiger partial charge on any atom is 0.332 e. The Morgan fingerprint density at radius 3 is 2.37 bits per heavy atom. The van der Waals surface area contributed by atoms with E-state index in [1.54, 1.807) is 0 Å². The quantitative estimate of drug-likeness (QED) is 0.653. The third-order valence-electron chi connectivity index (χ3n) is 7.41. The van der Waals surface area contributed by atoms with Crippen molar-refractivity contribution in [3.63, 3.8) is 0 Å². The summed E-state index contributed by atoms with van der Waals surface area (Å²) in [5, 5.41) is 0. The van der Waals surface area contributed by atoms with Crippen LogP contribution in [0.3, 0.4) is 0 Å².